The lowest BCUT2D eigenvalue weighted by atomic mass is 9.97. The van der Waals surface area contributed by atoms with E-state index in [0.717, 1.165) is 36.3 Å². The van der Waals surface area contributed by atoms with Gasteiger partial charge in [-0.15, -0.1) is 10.2 Å². The molecule has 2 aromatic rings. The number of carbonyl (C=O) groups excluding carboxylic acids is 2. The molecule has 0 saturated carbocycles. The van der Waals surface area contributed by atoms with Crippen LogP contribution in [0.2, 0.25) is 0 Å². The van der Waals surface area contributed by atoms with Crippen LogP contribution in [-0.4, -0.2) is 33.5 Å². The molecule has 1 aliphatic carbocycles. The second-order valence-electron chi connectivity index (χ2n) is 7.25. The van der Waals surface area contributed by atoms with Gasteiger partial charge in [0.2, 0.25) is 5.78 Å². The zero-order valence-corrected chi connectivity index (χ0v) is 18.2. The highest BCUT2D eigenvalue weighted by molar-refractivity contribution is 7.12. The van der Waals surface area contributed by atoms with Gasteiger partial charge in [0.25, 0.3) is 5.91 Å². The van der Waals surface area contributed by atoms with Crippen LogP contribution in [0.25, 0.3) is 5.57 Å². The summed E-state index contributed by atoms with van der Waals surface area (Å²) in [6, 6.07) is 1.95. The first-order valence-electron chi connectivity index (χ1n) is 10.2. The monoisotopic (exact) mass is 465 g/mol. The maximum atomic E-state index is 14.0. The van der Waals surface area contributed by atoms with Gasteiger partial charge >= 0.3 is 0 Å². The molecule has 0 unspecified atom stereocenters. The summed E-state index contributed by atoms with van der Waals surface area (Å²) in [5.74, 6) is -6.02. The molecule has 3 rings (SSSR count). The van der Waals surface area contributed by atoms with Crippen molar-refractivity contribution in [2.24, 2.45) is 0 Å². The van der Waals surface area contributed by atoms with Crippen LogP contribution in [0.1, 0.15) is 54.6 Å². The smallest absolute Gasteiger partial charge is 0.251 e. The zero-order valence-electron chi connectivity index (χ0n) is 17.4. The molecule has 6 nitrogen and oxygen atoms in total. The lowest BCUT2D eigenvalue weighted by Gasteiger charge is -2.12. The van der Waals surface area contributed by atoms with Crippen molar-refractivity contribution in [2.45, 2.75) is 45.4 Å². The van der Waals surface area contributed by atoms with Crippen LogP contribution in [0.15, 0.2) is 29.5 Å². The largest absolute Gasteiger partial charge is 0.504 e. The number of aliphatic hydroxyl groups is 1. The van der Waals surface area contributed by atoms with E-state index in [4.69, 9.17) is 0 Å². The first-order chi connectivity index (χ1) is 15.3. The molecular weight excluding hydrogens is 443 g/mol. The summed E-state index contributed by atoms with van der Waals surface area (Å²) in [6.07, 6.45) is 4.59. The highest BCUT2D eigenvalue weighted by Crippen LogP contribution is 2.28. The second-order valence-corrected chi connectivity index (χ2v) is 8.31. The Morgan fingerprint density at radius 2 is 1.94 bits per heavy atom. The van der Waals surface area contributed by atoms with E-state index in [1.807, 2.05) is 0 Å². The van der Waals surface area contributed by atoms with Crippen LogP contribution in [-0.2, 0) is 16.0 Å². The van der Waals surface area contributed by atoms with Gasteiger partial charge in [0, 0.05) is 13.0 Å². The Morgan fingerprint density at radius 1 is 1.16 bits per heavy atom. The molecule has 0 fully saturated rings. The molecule has 170 valence electrons. The van der Waals surface area contributed by atoms with Crippen molar-refractivity contribution in [3.63, 3.8) is 0 Å². The minimum atomic E-state index is -1.56. The summed E-state index contributed by atoms with van der Waals surface area (Å²) in [5, 5.41) is 21.6. The number of carbonyl (C=O) groups is 2. The zero-order chi connectivity index (χ0) is 23.3. The molecule has 0 bridgehead atoms. The Balaban J connectivity index is 1.92. The van der Waals surface area contributed by atoms with E-state index in [-0.39, 0.29) is 39.6 Å². The van der Waals surface area contributed by atoms with Crippen LogP contribution >= 0.6 is 11.3 Å². The van der Waals surface area contributed by atoms with Gasteiger partial charge in [-0.3, -0.25) is 9.59 Å². The average molecular weight is 465 g/mol. The fourth-order valence-corrected chi connectivity index (χ4v) is 4.22. The fraction of sp³-hybridized carbons (Fsp3) is 0.364. The molecule has 1 heterocycles. The van der Waals surface area contributed by atoms with Gasteiger partial charge < -0.3 is 10.4 Å². The van der Waals surface area contributed by atoms with Crippen LogP contribution in [0.4, 0.5) is 13.2 Å². The fourth-order valence-electron chi connectivity index (χ4n) is 3.32. The van der Waals surface area contributed by atoms with Crippen molar-refractivity contribution in [1.29, 1.82) is 0 Å². The van der Waals surface area contributed by atoms with Crippen molar-refractivity contribution < 1.29 is 27.9 Å². The number of benzene rings is 1. The molecular formula is C22H22F3N3O3S. The van der Waals surface area contributed by atoms with Crippen LogP contribution in [0, 0.1) is 17.5 Å². The number of hydrogen-bond donors (Lipinski definition) is 2. The highest BCUT2D eigenvalue weighted by atomic mass is 32.1. The highest BCUT2D eigenvalue weighted by Gasteiger charge is 2.26. The van der Waals surface area contributed by atoms with Crippen molar-refractivity contribution in [2.75, 3.05) is 6.54 Å². The summed E-state index contributed by atoms with van der Waals surface area (Å²) in [5.41, 5.74) is 0.0260. The van der Waals surface area contributed by atoms with Gasteiger partial charge in [-0.1, -0.05) is 29.9 Å². The number of hydrogen-bond acceptors (Lipinski definition) is 6. The molecule has 1 amide bonds. The molecule has 10 heteroatoms. The second kappa shape index (κ2) is 10.5. The van der Waals surface area contributed by atoms with Gasteiger partial charge in [-0.05, 0) is 44.2 Å². The van der Waals surface area contributed by atoms with E-state index in [1.165, 1.54) is 0 Å². The van der Waals surface area contributed by atoms with E-state index >= 15 is 0 Å². The molecule has 32 heavy (non-hydrogen) atoms. The number of rotatable bonds is 5. The summed E-state index contributed by atoms with van der Waals surface area (Å²) < 4.78 is 40.6. The Bertz CT molecular complexity index is 1100. The third-order valence-corrected chi connectivity index (χ3v) is 5.95. The molecule has 1 aromatic carbocycles. The third-order valence-electron chi connectivity index (χ3n) is 4.99. The quantitative estimate of drug-likeness (QED) is 0.638. The van der Waals surface area contributed by atoms with Crippen molar-refractivity contribution in [3.05, 3.63) is 62.6 Å². The SMILES string of the molecule is CCNC(=O)/C1=C(\O)C(=O)/C(c2nnc(Cc3ccc(F)c(F)c3F)s2)=C\CCCCC1. The lowest BCUT2D eigenvalue weighted by molar-refractivity contribution is -0.119. The van der Waals surface area contributed by atoms with Crippen molar-refractivity contribution in [1.82, 2.24) is 15.5 Å². The number of halogens is 3. The van der Waals surface area contributed by atoms with Gasteiger partial charge in [0.1, 0.15) is 5.01 Å². The van der Waals surface area contributed by atoms with E-state index < -0.39 is 34.9 Å². The standard InChI is InChI=1S/C22H22F3N3O3S/c1-2-26-21(31)13-7-5-3-4-6-8-14(20(30)19(13)29)22-28-27-16(32-22)11-12-9-10-15(23)18(25)17(12)24/h8-10,29H,2-7,11H2,1H3,(H,26,31)/b14-8+,19-13-. The first-order valence-corrected chi connectivity index (χ1v) is 11.0. The van der Waals surface area contributed by atoms with Gasteiger partial charge in [-0.2, -0.15) is 0 Å². The van der Waals surface area contributed by atoms with E-state index in [2.05, 4.69) is 15.5 Å². The Kier molecular flexibility index (Phi) is 7.79. The molecule has 0 atom stereocenters. The molecule has 0 aliphatic heterocycles. The maximum absolute atomic E-state index is 14.0. The summed E-state index contributed by atoms with van der Waals surface area (Å²) in [6.45, 7) is 2.09. The average Bonchev–Trinajstić information content (AvgIpc) is 3.23. The van der Waals surface area contributed by atoms with Crippen molar-refractivity contribution >= 4 is 28.6 Å². The molecule has 1 aliphatic rings. The number of Topliss-reactive ketones (excluding diaryl/α,β-unsaturated/α-hetero) is 1. The number of allylic oxidation sites excluding steroid dienone is 2. The van der Waals surface area contributed by atoms with E-state index in [9.17, 15) is 27.9 Å². The van der Waals surface area contributed by atoms with Crippen molar-refractivity contribution in [3.8, 4) is 0 Å². The lowest BCUT2D eigenvalue weighted by Crippen LogP contribution is -2.27. The number of aliphatic hydroxyl groups excluding tert-OH is 1. The summed E-state index contributed by atoms with van der Waals surface area (Å²) in [7, 11) is 0. The summed E-state index contributed by atoms with van der Waals surface area (Å²) in [4.78, 5) is 25.4. The predicted molar refractivity (Wildman–Crippen MR) is 113 cm³/mol. The van der Waals surface area contributed by atoms with Crippen LogP contribution in [0.5, 0.6) is 0 Å². The molecule has 0 spiro atoms. The predicted octanol–water partition coefficient (Wildman–Crippen LogP) is 4.41. The van der Waals surface area contributed by atoms with Crippen LogP contribution in [0.3, 0.4) is 0 Å². The Labute approximate surface area is 186 Å². The minimum absolute atomic E-state index is 0.0262. The number of likely N-dealkylation sites (N-methyl/N-ethyl adjacent to an activating group) is 1. The number of amides is 1. The molecule has 2 N–H and O–H groups in total. The number of nitrogens with zero attached hydrogens (tertiary/aromatic N) is 2. The Hall–Kier alpha value is -3.01. The number of ketones is 1. The maximum Gasteiger partial charge on any atom is 0.251 e. The Morgan fingerprint density at radius 3 is 2.69 bits per heavy atom. The number of aromatic nitrogens is 2. The normalized spacial score (nSPS) is 19.4. The first kappa shape index (κ1) is 23.6. The van der Waals surface area contributed by atoms with Crippen LogP contribution < -0.4 is 5.32 Å². The molecule has 0 saturated heterocycles. The topological polar surface area (TPSA) is 92.2 Å². The van der Waals surface area contributed by atoms with Gasteiger partial charge in [0.15, 0.2) is 28.2 Å². The molecule has 1 aromatic heterocycles. The summed E-state index contributed by atoms with van der Waals surface area (Å²) >= 11 is 0.978. The minimum Gasteiger partial charge on any atom is -0.504 e. The van der Waals surface area contributed by atoms with E-state index in [0.29, 0.717) is 19.4 Å². The molecule has 0 radical (unpaired) electrons. The number of nitrogens with one attached hydrogen (secondary N) is 1. The van der Waals surface area contributed by atoms with E-state index in [1.54, 1.807) is 13.0 Å². The van der Waals surface area contributed by atoms with Gasteiger partial charge in [-0.25, -0.2) is 13.2 Å². The van der Waals surface area contributed by atoms with Gasteiger partial charge in [0.05, 0.1) is 11.1 Å². The third kappa shape index (κ3) is 5.24.